The van der Waals surface area contributed by atoms with Gasteiger partial charge in [0.25, 0.3) is 0 Å². The number of thiophene rings is 1. The van der Waals surface area contributed by atoms with E-state index in [9.17, 15) is 0 Å². The van der Waals surface area contributed by atoms with Crippen LogP contribution in [0.25, 0.3) is 20.4 Å². The summed E-state index contributed by atoms with van der Waals surface area (Å²) in [4.78, 5) is 15.3. The van der Waals surface area contributed by atoms with Crippen LogP contribution < -0.4 is 0 Å². The van der Waals surface area contributed by atoms with Crippen molar-refractivity contribution >= 4 is 43.5 Å². The molecule has 0 saturated carbocycles. The molecule has 3 nitrogen and oxygen atoms in total. The van der Waals surface area contributed by atoms with E-state index in [0.29, 0.717) is 5.92 Å². The normalized spacial score (nSPS) is 14.4. The smallest absolute Gasteiger partial charge is 0.126 e. The lowest BCUT2D eigenvalue weighted by atomic mass is 9.99. The minimum atomic E-state index is 0.483. The van der Waals surface area contributed by atoms with Crippen LogP contribution in [0.3, 0.4) is 0 Å². The van der Waals surface area contributed by atoms with E-state index in [0.717, 1.165) is 21.1 Å². The molecule has 0 unspecified atom stereocenters. The first-order valence-electron chi connectivity index (χ1n) is 7.92. The monoisotopic (exact) mass is 329 g/mol. The number of aromatic nitrogens is 3. The predicted molar refractivity (Wildman–Crippen MR) is 95.2 cm³/mol. The SMILES string of the molecule is CCSc1ncnc2c1sc1nc(C(C)C)c3c(c12)CCC3. The lowest BCUT2D eigenvalue weighted by Gasteiger charge is -2.11. The third kappa shape index (κ3) is 2.06. The Morgan fingerprint density at radius 1 is 1.23 bits per heavy atom. The van der Waals surface area contributed by atoms with E-state index in [1.807, 2.05) is 0 Å². The molecule has 3 aromatic rings. The van der Waals surface area contributed by atoms with Gasteiger partial charge in [0.05, 0.1) is 10.2 Å². The molecule has 0 N–H and O–H groups in total. The molecule has 0 radical (unpaired) electrons. The molecule has 22 heavy (non-hydrogen) atoms. The third-order valence-corrected chi connectivity index (χ3v) is 6.38. The van der Waals surface area contributed by atoms with E-state index in [4.69, 9.17) is 4.98 Å². The molecule has 3 aromatic heterocycles. The zero-order chi connectivity index (χ0) is 15.3. The lowest BCUT2D eigenvalue weighted by molar-refractivity contribution is 0.805. The van der Waals surface area contributed by atoms with Gasteiger partial charge in [-0.25, -0.2) is 15.0 Å². The van der Waals surface area contributed by atoms with Gasteiger partial charge in [0.1, 0.15) is 16.2 Å². The van der Waals surface area contributed by atoms with Crippen molar-refractivity contribution in [3.8, 4) is 0 Å². The molecular formula is C17H19N3S2. The van der Waals surface area contributed by atoms with Gasteiger partial charge < -0.3 is 0 Å². The fourth-order valence-corrected chi connectivity index (χ4v) is 5.40. The maximum Gasteiger partial charge on any atom is 0.126 e. The highest BCUT2D eigenvalue weighted by atomic mass is 32.2. The van der Waals surface area contributed by atoms with Crippen molar-refractivity contribution in [3.63, 3.8) is 0 Å². The molecule has 3 heterocycles. The molecule has 114 valence electrons. The van der Waals surface area contributed by atoms with Gasteiger partial charge in [0.15, 0.2) is 0 Å². The predicted octanol–water partition coefficient (Wildman–Crippen LogP) is 4.96. The highest BCUT2D eigenvalue weighted by Crippen LogP contribution is 2.42. The quantitative estimate of drug-likeness (QED) is 0.502. The van der Waals surface area contributed by atoms with Gasteiger partial charge in [-0.2, -0.15) is 0 Å². The van der Waals surface area contributed by atoms with Gasteiger partial charge in [0, 0.05) is 11.1 Å². The maximum atomic E-state index is 5.03. The first-order valence-corrected chi connectivity index (χ1v) is 9.72. The van der Waals surface area contributed by atoms with Crippen molar-refractivity contribution in [2.45, 2.75) is 51.0 Å². The van der Waals surface area contributed by atoms with Crippen molar-refractivity contribution in [2.24, 2.45) is 0 Å². The number of hydrogen-bond donors (Lipinski definition) is 0. The molecule has 0 saturated heterocycles. The molecule has 0 aliphatic heterocycles. The van der Waals surface area contributed by atoms with E-state index < -0.39 is 0 Å². The van der Waals surface area contributed by atoms with Gasteiger partial charge in [-0.1, -0.05) is 20.8 Å². The fraction of sp³-hybridized carbons (Fsp3) is 0.471. The Labute approximate surface area is 138 Å². The molecular weight excluding hydrogens is 310 g/mol. The highest BCUT2D eigenvalue weighted by Gasteiger charge is 2.25. The number of fused-ring (bicyclic) bond motifs is 5. The molecule has 0 amide bonds. The molecule has 4 rings (SSSR count). The van der Waals surface area contributed by atoms with Gasteiger partial charge in [-0.15, -0.1) is 23.1 Å². The highest BCUT2D eigenvalue weighted by molar-refractivity contribution is 7.99. The molecule has 0 spiro atoms. The zero-order valence-corrected chi connectivity index (χ0v) is 14.8. The summed E-state index contributed by atoms with van der Waals surface area (Å²) >= 11 is 3.56. The van der Waals surface area contributed by atoms with Crippen LogP contribution in [-0.4, -0.2) is 20.7 Å². The molecule has 0 atom stereocenters. The Morgan fingerprint density at radius 3 is 2.82 bits per heavy atom. The summed E-state index contributed by atoms with van der Waals surface area (Å²) in [6, 6.07) is 0. The minimum Gasteiger partial charge on any atom is -0.241 e. The van der Waals surface area contributed by atoms with Crippen molar-refractivity contribution in [2.75, 3.05) is 5.75 Å². The molecule has 0 aromatic carbocycles. The molecule has 5 heteroatoms. The summed E-state index contributed by atoms with van der Waals surface area (Å²) in [5.74, 6) is 1.51. The van der Waals surface area contributed by atoms with Crippen molar-refractivity contribution in [3.05, 3.63) is 23.1 Å². The Bertz CT molecular complexity index is 867. The summed E-state index contributed by atoms with van der Waals surface area (Å²) in [6.45, 7) is 6.66. The van der Waals surface area contributed by atoms with Gasteiger partial charge >= 0.3 is 0 Å². The van der Waals surface area contributed by atoms with Gasteiger partial charge in [-0.05, 0) is 42.1 Å². The van der Waals surface area contributed by atoms with E-state index in [1.165, 1.54) is 46.2 Å². The second-order valence-electron chi connectivity index (χ2n) is 6.03. The fourth-order valence-electron chi connectivity index (χ4n) is 3.42. The summed E-state index contributed by atoms with van der Waals surface area (Å²) in [5, 5.41) is 2.41. The van der Waals surface area contributed by atoms with Crippen LogP contribution in [0.4, 0.5) is 0 Å². The van der Waals surface area contributed by atoms with Gasteiger partial charge in [-0.3, -0.25) is 0 Å². The van der Waals surface area contributed by atoms with Crippen LogP contribution in [0.2, 0.25) is 0 Å². The van der Waals surface area contributed by atoms with E-state index in [2.05, 4.69) is 30.7 Å². The van der Waals surface area contributed by atoms with Crippen LogP contribution in [0.5, 0.6) is 0 Å². The number of rotatable bonds is 3. The average Bonchev–Trinajstić information content (AvgIpc) is 3.10. The lowest BCUT2D eigenvalue weighted by Crippen LogP contribution is -2.00. The largest absolute Gasteiger partial charge is 0.241 e. The Balaban J connectivity index is 2.10. The first kappa shape index (κ1) is 14.4. The number of nitrogens with zero attached hydrogens (tertiary/aromatic N) is 3. The first-order chi connectivity index (χ1) is 10.7. The summed E-state index contributed by atoms with van der Waals surface area (Å²) in [6.07, 6.45) is 5.30. The summed E-state index contributed by atoms with van der Waals surface area (Å²) in [7, 11) is 0. The number of hydrogen-bond acceptors (Lipinski definition) is 5. The molecule has 0 bridgehead atoms. The van der Waals surface area contributed by atoms with Crippen LogP contribution >= 0.6 is 23.1 Å². The van der Waals surface area contributed by atoms with Crippen LogP contribution in [0.1, 0.15) is 49.9 Å². The Hall–Kier alpha value is -1.20. The van der Waals surface area contributed by atoms with Crippen molar-refractivity contribution in [1.29, 1.82) is 0 Å². The number of aryl methyl sites for hydroxylation is 1. The topological polar surface area (TPSA) is 38.7 Å². The van der Waals surface area contributed by atoms with Crippen LogP contribution in [-0.2, 0) is 12.8 Å². The van der Waals surface area contributed by atoms with E-state index in [1.54, 1.807) is 29.4 Å². The second-order valence-corrected chi connectivity index (χ2v) is 8.29. The Kier molecular flexibility index (Phi) is 3.57. The van der Waals surface area contributed by atoms with E-state index >= 15 is 0 Å². The number of pyridine rings is 1. The average molecular weight is 329 g/mol. The minimum absolute atomic E-state index is 0.483. The van der Waals surface area contributed by atoms with Gasteiger partial charge in [0.2, 0.25) is 0 Å². The molecule has 1 aliphatic carbocycles. The number of thioether (sulfide) groups is 1. The molecule has 1 aliphatic rings. The maximum absolute atomic E-state index is 5.03. The molecule has 0 fully saturated rings. The third-order valence-electron chi connectivity index (χ3n) is 4.30. The zero-order valence-electron chi connectivity index (χ0n) is 13.1. The van der Waals surface area contributed by atoms with Crippen LogP contribution in [0, 0.1) is 0 Å². The summed E-state index contributed by atoms with van der Waals surface area (Å²) in [5.41, 5.74) is 5.41. The van der Waals surface area contributed by atoms with E-state index in [-0.39, 0.29) is 0 Å². The standard InChI is InChI=1S/C17H19N3S2/c1-4-21-17-15-14(18-8-19-17)12-10-6-5-7-11(10)13(9(2)3)20-16(12)22-15/h8-9H,4-7H2,1-3H3. The van der Waals surface area contributed by atoms with Crippen molar-refractivity contribution in [1.82, 2.24) is 15.0 Å². The summed E-state index contributed by atoms with van der Waals surface area (Å²) < 4.78 is 1.21. The van der Waals surface area contributed by atoms with Crippen molar-refractivity contribution < 1.29 is 0 Å². The Morgan fingerprint density at radius 2 is 2.05 bits per heavy atom. The second kappa shape index (κ2) is 5.46. The van der Waals surface area contributed by atoms with Crippen LogP contribution in [0.15, 0.2) is 11.4 Å².